The largest absolute Gasteiger partial charge is 0.451 e. The number of esters is 1. The number of carbonyl (C=O) groups is 2. The van der Waals surface area contributed by atoms with Crippen LogP contribution in [-0.4, -0.2) is 48.1 Å². The van der Waals surface area contributed by atoms with Crippen molar-refractivity contribution in [3.05, 3.63) is 48.3 Å². The van der Waals surface area contributed by atoms with E-state index in [4.69, 9.17) is 4.74 Å². The van der Waals surface area contributed by atoms with E-state index in [-0.39, 0.29) is 12.5 Å². The van der Waals surface area contributed by atoms with Gasteiger partial charge in [0.1, 0.15) is 6.54 Å². The van der Waals surface area contributed by atoms with Crippen LogP contribution in [0.5, 0.6) is 0 Å². The molecule has 26 heavy (non-hydrogen) atoms. The molecule has 2 aromatic rings. The second kappa shape index (κ2) is 7.95. The van der Waals surface area contributed by atoms with Gasteiger partial charge in [0.05, 0.1) is 0 Å². The lowest BCUT2D eigenvalue weighted by atomic mass is 10.0. The molecule has 0 radical (unpaired) electrons. The van der Waals surface area contributed by atoms with E-state index in [0.717, 1.165) is 24.1 Å². The number of benzene rings is 1. The van der Waals surface area contributed by atoms with Crippen LogP contribution >= 0.6 is 0 Å². The molecule has 0 saturated heterocycles. The Morgan fingerprint density at radius 1 is 1.23 bits per heavy atom. The van der Waals surface area contributed by atoms with Gasteiger partial charge in [-0.2, -0.15) is 0 Å². The molecule has 136 valence electrons. The fraction of sp³-hybridized carbons (Fsp3) is 0.368. The van der Waals surface area contributed by atoms with Crippen molar-refractivity contribution in [3.8, 4) is 0 Å². The van der Waals surface area contributed by atoms with E-state index in [1.165, 1.54) is 0 Å². The topological polar surface area (TPSA) is 75.6 Å². The van der Waals surface area contributed by atoms with Gasteiger partial charge in [0, 0.05) is 31.7 Å². The molecule has 1 atom stereocenters. The predicted molar refractivity (Wildman–Crippen MR) is 98.0 cm³/mol. The van der Waals surface area contributed by atoms with Crippen LogP contribution in [0.2, 0.25) is 0 Å². The molecule has 0 fully saturated rings. The third kappa shape index (κ3) is 3.99. The van der Waals surface area contributed by atoms with Crippen LogP contribution in [0.3, 0.4) is 0 Å². The lowest BCUT2D eigenvalue weighted by Gasteiger charge is -2.31. The minimum absolute atomic E-state index is 0.0295. The number of hydrogen-bond acceptors (Lipinski definition) is 6. The summed E-state index contributed by atoms with van der Waals surface area (Å²) >= 11 is 0. The first-order valence-corrected chi connectivity index (χ1v) is 8.63. The average molecular weight is 354 g/mol. The van der Waals surface area contributed by atoms with Crippen molar-refractivity contribution >= 4 is 23.5 Å². The van der Waals surface area contributed by atoms with E-state index < -0.39 is 12.1 Å². The first kappa shape index (κ1) is 17.8. The van der Waals surface area contributed by atoms with Crippen LogP contribution in [0.4, 0.5) is 11.6 Å². The average Bonchev–Trinajstić information content (AvgIpc) is 2.67. The number of carbonyl (C=O) groups excluding carboxylic acids is 2. The second-order valence-electron chi connectivity index (χ2n) is 6.26. The molecule has 7 nitrogen and oxygen atoms in total. The van der Waals surface area contributed by atoms with Crippen LogP contribution < -0.4 is 9.80 Å². The fourth-order valence-electron chi connectivity index (χ4n) is 3.02. The number of anilines is 2. The van der Waals surface area contributed by atoms with Gasteiger partial charge in [0.25, 0.3) is 5.91 Å². The van der Waals surface area contributed by atoms with Crippen LogP contribution in [0.1, 0.15) is 18.9 Å². The van der Waals surface area contributed by atoms with E-state index in [1.807, 2.05) is 24.3 Å². The highest BCUT2D eigenvalue weighted by molar-refractivity contribution is 5.98. The summed E-state index contributed by atoms with van der Waals surface area (Å²) in [5, 5.41) is 0. The molecule has 0 spiro atoms. The zero-order valence-electron chi connectivity index (χ0n) is 15.0. The van der Waals surface area contributed by atoms with Gasteiger partial charge in [0.15, 0.2) is 6.10 Å². The quantitative estimate of drug-likeness (QED) is 0.763. The molecule has 1 amide bonds. The van der Waals surface area contributed by atoms with Gasteiger partial charge in [-0.15, -0.1) is 0 Å². The molecule has 3 rings (SSSR count). The Balaban J connectivity index is 1.60. The number of amides is 1. The molecule has 0 saturated carbocycles. The molecule has 0 aliphatic carbocycles. The summed E-state index contributed by atoms with van der Waals surface area (Å²) in [6, 6.07) is 9.54. The van der Waals surface area contributed by atoms with E-state index in [1.54, 1.807) is 42.2 Å². The van der Waals surface area contributed by atoms with Gasteiger partial charge in [0.2, 0.25) is 5.95 Å². The zero-order valence-corrected chi connectivity index (χ0v) is 15.0. The highest BCUT2D eigenvalue weighted by Gasteiger charge is 2.28. The molecule has 1 aromatic heterocycles. The van der Waals surface area contributed by atoms with Gasteiger partial charge < -0.3 is 14.5 Å². The normalized spacial score (nSPS) is 14.3. The van der Waals surface area contributed by atoms with Crippen LogP contribution in [-0.2, 0) is 20.7 Å². The smallest absolute Gasteiger partial charge is 0.326 e. The lowest BCUT2D eigenvalue weighted by molar-refractivity contribution is -0.152. The lowest BCUT2D eigenvalue weighted by Crippen LogP contribution is -2.43. The molecule has 2 heterocycles. The fourth-order valence-corrected chi connectivity index (χ4v) is 3.02. The first-order chi connectivity index (χ1) is 12.6. The summed E-state index contributed by atoms with van der Waals surface area (Å²) in [5.41, 5.74) is 2.05. The van der Waals surface area contributed by atoms with E-state index in [9.17, 15) is 9.59 Å². The van der Waals surface area contributed by atoms with Crippen molar-refractivity contribution in [2.24, 2.45) is 0 Å². The van der Waals surface area contributed by atoms with Gasteiger partial charge in [-0.3, -0.25) is 9.59 Å². The summed E-state index contributed by atoms with van der Waals surface area (Å²) in [7, 11) is 1.70. The van der Waals surface area contributed by atoms with Crippen molar-refractivity contribution in [1.82, 2.24) is 9.97 Å². The van der Waals surface area contributed by atoms with Crippen LogP contribution in [0.25, 0.3) is 0 Å². The zero-order chi connectivity index (χ0) is 18.5. The Morgan fingerprint density at radius 2 is 1.96 bits per heavy atom. The van der Waals surface area contributed by atoms with Crippen molar-refractivity contribution in [2.75, 3.05) is 29.9 Å². The minimum atomic E-state index is -0.848. The molecular formula is C19H22N4O3. The minimum Gasteiger partial charge on any atom is -0.451 e. The Labute approximate surface area is 152 Å². The Hall–Kier alpha value is -2.96. The molecule has 1 aliphatic heterocycles. The molecule has 0 bridgehead atoms. The number of likely N-dealkylation sites (N-methyl/N-ethyl adjacent to an activating group) is 1. The number of para-hydroxylation sites is 1. The molecule has 1 aromatic carbocycles. The van der Waals surface area contributed by atoms with Crippen molar-refractivity contribution in [3.63, 3.8) is 0 Å². The highest BCUT2D eigenvalue weighted by Crippen LogP contribution is 2.27. The standard InChI is InChI=1S/C19H22N4O3/c1-14(26-17(24)13-22(2)19-20-10-6-11-21-19)18(25)23-12-5-8-15-7-3-4-9-16(15)23/h3-4,6-7,9-11,14H,5,8,12-13H2,1-2H3/t14-/m0/s1. The summed E-state index contributed by atoms with van der Waals surface area (Å²) in [6.07, 6.45) is 4.21. The van der Waals surface area contributed by atoms with Crippen molar-refractivity contribution in [2.45, 2.75) is 25.9 Å². The van der Waals surface area contributed by atoms with Crippen molar-refractivity contribution in [1.29, 1.82) is 0 Å². The molecule has 7 heteroatoms. The number of rotatable bonds is 5. The van der Waals surface area contributed by atoms with E-state index in [2.05, 4.69) is 9.97 Å². The summed E-state index contributed by atoms with van der Waals surface area (Å²) in [5.74, 6) is -0.274. The van der Waals surface area contributed by atoms with Gasteiger partial charge in [-0.05, 0) is 37.5 Å². The number of aromatic nitrogens is 2. The second-order valence-corrected chi connectivity index (χ2v) is 6.26. The third-order valence-corrected chi connectivity index (χ3v) is 4.29. The predicted octanol–water partition coefficient (Wildman–Crippen LogP) is 1.82. The molecular weight excluding hydrogens is 332 g/mol. The number of ether oxygens (including phenoxy) is 1. The third-order valence-electron chi connectivity index (χ3n) is 4.29. The molecule has 1 aliphatic rings. The SMILES string of the molecule is C[C@H](OC(=O)CN(C)c1ncccn1)C(=O)N1CCCc2ccccc21. The Kier molecular flexibility index (Phi) is 5.46. The number of fused-ring (bicyclic) bond motifs is 1. The van der Waals surface area contributed by atoms with Crippen molar-refractivity contribution < 1.29 is 14.3 Å². The van der Waals surface area contributed by atoms with E-state index in [0.29, 0.717) is 12.5 Å². The molecule has 0 N–H and O–H groups in total. The Bertz CT molecular complexity index is 781. The van der Waals surface area contributed by atoms with Gasteiger partial charge in [-0.25, -0.2) is 9.97 Å². The van der Waals surface area contributed by atoms with Crippen LogP contribution in [0, 0.1) is 0 Å². The summed E-state index contributed by atoms with van der Waals surface area (Å²) in [6.45, 7) is 2.21. The maximum Gasteiger partial charge on any atom is 0.326 e. The summed E-state index contributed by atoms with van der Waals surface area (Å²) < 4.78 is 5.35. The highest BCUT2D eigenvalue weighted by atomic mass is 16.5. The monoisotopic (exact) mass is 354 g/mol. The number of aryl methyl sites for hydroxylation is 1. The van der Waals surface area contributed by atoms with Gasteiger partial charge in [-0.1, -0.05) is 18.2 Å². The van der Waals surface area contributed by atoms with Gasteiger partial charge >= 0.3 is 5.97 Å². The first-order valence-electron chi connectivity index (χ1n) is 8.63. The maximum absolute atomic E-state index is 12.8. The van der Waals surface area contributed by atoms with Crippen LogP contribution in [0.15, 0.2) is 42.7 Å². The molecule has 0 unspecified atom stereocenters. The number of nitrogens with zero attached hydrogens (tertiary/aromatic N) is 4. The number of hydrogen-bond donors (Lipinski definition) is 0. The maximum atomic E-state index is 12.8. The Morgan fingerprint density at radius 3 is 2.73 bits per heavy atom. The van der Waals surface area contributed by atoms with E-state index >= 15 is 0 Å². The summed E-state index contributed by atoms with van der Waals surface area (Å²) in [4.78, 5) is 36.4.